The van der Waals surface area contributed by atoms with E-state index in [9.17, 15) is 18.0 Å². The van der Waals surface area contributed by atoms with Gasteiger partial charge in [-0.3, -0.25) is 14.3 Å². The predicted molar refractivity (Wildman–Crippen MR) is 116 cm³/mol. The fraction of sp³-hybridized carbons (Fsp3) is 0.190. The van der Waals surface area contributed by atoms with Crippen molar-refractivity contribution in [1.82, 2.24) is 9.88 Å². The van der Waals surface area contributed by atoms with Crippen molar-refractivity contribution in [1.29, 1.82) is 0 Å². The van der Waals surface area contributed by atoms with Gasteiger partial charge < -0.3 is 9.64 Å². The van der Waals surface area contributed by atoms with Gasteiger partial charge >= 0.3 is 5.97 Å². The van der Waals surface area contributed by atoms with Gasteiger partial charge in [-0.1, -0.05) is 42.5 Å². The highest BCUT2D eigenvalue weighted by Gasteiger charge is 2.23. The highest BCUT2D eigenvalue weighted by Crippen LogP contribution is 2.25. The van der Waals surface area contributed by atoms with Gasteiger partial charge in [-0.2, -0.15) is 0 Å². The molecule has 1 aliphatic rings. The number of amides is 1. The number of hydrogen-bond donors (Lipinski definition) is 1. The molecule has 8 nitrogen and oxygen atoms in total. The van der Waals surface area contributed by atoms with Crippen molar-refractivity contribution in [2.24, 2.45) is 0 Å². The molecule has 4 rings (SSSR count). The summed E-state index contributed by atoms with van der Waals surface area (Å²) in [4.78, 5) is 29.9. The molecule has 1 fully saturated rings. The molecule has 0 saturated carbocycles. The van der Waals surface area contributed by atoms with Crippen molar-refractivity contribution < 1.29 is 22.7 Å². The number of hydrogen-bond acceptors (Lipinski definition) is 7. The maximum absolute atomic E-state index is 12.7. The van der Waals surface area contributed by atoms with Crippen LogP contribution in [0.15, 0.2) is 65.7 Å². The summed E-state index contributed by atoms with van der Waals surface area (Å²) in [6, 6.07) is 16.2. The van der Waals surface area contributed by atoms with Gasteiger partial charge in [0.25, 0.3) is 10.0 Å². The minimum Gasteiger partial charge on any atom is -0.462 e. The first-order valence-electron chi connectivity index (χ1n) is 9.47. The van der Waals surface area contributed by atoms with Crippen molar-refractivity contribution in [2.45, 2.75) is 11.3 Å². The Morgan fingerprint density at radius 3 is 2.52 bits per heavy atom. The van der Waals surface area contributed by atoms with Crippen LogP contribution in [0.3, 0.4) is 0 Å². The van der Waals surface area contributed by atoms with Crippen LogP contribution in [0, 0.1) is 0 Å². The van der Waals surface area contributed by atoms with E-state index in [1.807, 2.05) is 30.3 Å². The van der Waals surface area contributed by atoms with Crippen LogP contribution in [0.5, 0.6) is 0 Å². The largest absolute Gasteiger partial charge is 0.462 e. The Morgan fingerprint density at radius 2 is 1.81 bits per heavy atom. The number of carbonyl (C=O) groups is 2. The summed E-state index contributed by atoms with van der Waals surface area (Å²) >= 11 is 1.08. The number of carbonyl (C=O) groups excluding carboxylic acids is 2. The van der Waals surface area contributed by atoms with Crippen molar-refractivity contribution in [3.63, 3.8) is 0 Å². The number of nitrogens with zero attached hydrogens (tertiary/aromatic N) is 2. The molecule has 0 atom stereocenters. The summed E-state index contributed by atoms with van der Waals surface area (Å²) in [7, 11) is -3.81. The Labute approximate surface area is 183 Å². The fourth-order valence-electron chi connectivity index (χ4n) is 3.09. The van der Waals surface area contributed by atoms with Gasteiger partial charge in [0.1, 0.15) is 13.2 Å². The molecule has 3 aromatic rings. The second kappa shape index (κ2) is 8.86. The first kappa shape index (κ1) is 21.0. The number of aromatic nitrogens is 1. The number of nitrogens with one attached hydrogen (secondary N) is 1. The molecule has 2 aromatic carbocycles. The maximum atomic E-state index is 12.7. The third-order valence-electron chi connectivity index (χ3n) is 4.67. The van der Waals surface area contributed by atoms with E-state index in [0.717, 1.165) is 22.5 Å². The molecule has 1 amide bonds. The van der Waals surface area contributed by atoms with Gasteiger partial charge in [0.15, 0.2) is 5.13 Å². The molecule has 1 aromatic heterocycles. The monoisotopic (exact) mass is 457 g/mol. The third-order valence-corrected chi connectivity index (χ3v) is 7.07. The zero-order valence-electron chi connectivity index (χ0n) is 16.4. The molecule has 2 heterocycles. The quantitative estimate of drug-likeness (QED) is 0.570. The lowest BCUT2D eigenvalue weighted by molar-refractivity contribution is -0.156. The number of anilines is 1. The molecular formula is C21H19N3O5S2. The van der Waals surface area contributed by atoms with E-state index in [2.05, 4.69) is 9.71 Å². The lowest BCUT2D eigenvalue weighted by atomic mass is 10.1. The second-order valence-electron chi connectivity index (χ2n) is 6.84. The summed E-state index contributed by atoms with van der Waals surface area (Å²) in [5.41, 5.74) is 1.91. The van der Waals surface area contributed by atoms with Crippen LogP contribution in [0.1, 0.15) is 4.88 Å². The Morgan fingerprint density at radius 1 is 1.10 bits per heavy atom. The van der Waals surface area contributed by atoms with Gasteiger partial charge in [0.05, 0.1) is 17.9 Å². The van der Waals surface area contributed by atoms with E-state index in [0.29, 0.717) is 11.4 Å². The lowest BCUT2D eigenvalue weighted by Crippen LogP contribution is -2.44. The van der Waals surface area contributed by atoms with Crippen LogP contribution in [-0.2, 0) is 30.8 Å². The molecule has 31 heavy (non-hydrogen) atoms. The standard InChI is InChI=1S/C21H19N3O5S2/c25-19(24-10-11-29-20(26)14-24)12-17-13-22-21(30-17)23-31(27,28)18-8-6-16(7-9-18)15-4-2-1-3-5-15/h1-9,13H,10-12,14H2,(H,22,23). The van der Waals surface area contributed by atoms with Crippen LogP contribution in [0.4, 0.5) is 5.13 Å². The lowest BCUT2D eigenvalue weighted by Gasteiger charge is -2.25. The zero-order chi connectivity index (χ0) is 21.8. The molecule has 0 aliphatic carbocycles. The maximum Gasteiger partial charge on any atom is 0.325 e. The predicted octanol–water partition coefficient (Wildman–Crippen LogP) is 2.54. The normalized spacial score (nSPS) is 14.2. The smallest absolute Gasteiger partial charge is 0.325 e. The molecule has 1 N–H and O–H groups in total. The van der Waals surface area contributed by atoms with E-state index < -0.39 is 16.0 Å². The summed E-state index contributed by atoms with van der Waals surface area (Å²) in [5.74, 6) is -0.665. The SMILES string of the molecule is O=C1CN(C(=O)Cc2cnc(NS(=O)(=O)c3ccc(-c4ccccc4)cc3)s2)CCO1. The van der Waals surface area contributed by atoms with Crippen LogP contribution in [-0.4, -0.2) is 49.9 Å². The first-order valence-corrected chi connectivity index (χ1v) is 11.8. The summed E-state index contributed by atoms with van der Waals surface area (Å²) in [6.45, 7) is 0.458. The number of sulfonamides is 1. The molecule has 160 valence electrons. The Balaban J connectivity index is 1.41. The highest BCUT2D eigenvalue weighted by molar-refractivity contribution is 7.93. The molecule has 1 saturated heterocycles. The van der Waals surface area contributed by atoms with Crippen LogP contribution in [0.25, 0.3) is 11.1 Å². The average Bonchev–Trinajstić information content (AvgIpc) is 3.20. The number of morpholine rings is 1. The minimum atomic E-state index is -3.81. The van der Waals surface area contributed by atoms with Gasteiger partial charge in [-0.05, 0) is 23.3 Å². The molecular weight excluding hydrogens is 438 g/mol. The topological polar surface area (TPSA) is 106 Å². The molecule has 0 radical (unpaired) electrons. The van der Waals surface area contributed by atoms with Crippen molar-refractivity contribution in [3.8, 4) is 11.1 Å². The number of thiazole rings is 1. The highest BCUT2D eigenvalue weighted by atomic mass is 32.2. The fourth-order valence-corrected chi connectivity index (χ4v) is 5.14. The molecule has 10 heteroatoms. The van der Waals surface area contributed by atoms with Crippen molar-refractivity contribution in [3.05, 3.63) is 65.7 Å². The molecule has 0 spiro atoms. The van der Waals surface area contributed by atoms with Crippen molar-refractivity contribution in [2.75, 3.05) is 24.4 Å². The first-order chi connectivity index (χ1) is 14.9. The van der Waals surface area contributed by atoms with Gasteiger partial charge in [0, 0.05) is 11.1 Å². The van der Waals surface area contributed by atoms with Gasteiger partial charge in [0.2, 0.25) is 5.91 Å². The number of esters is 1. The van der Waals surface area contributed by atoms with E-state index in [4.69, 9.17) is 4.74 Å². The van der Waals surface area contributed by atoms with E-state index in [-0.39, 0.29) is 35.5 Å². The minimum absolute atomic E-state index is 0.0401. The number of ether oxygens (including phenoxy) is 1. The summed E-state index contributed by atoms with van der Waals surface area (Å²) in [5, 5.41) is 0.174. The Kier molecular flexibility index (Phi) is 6.01. The Hall–Kier alpha value is -3.24. The van der Waals surface area contributed by atoms with Crippen LogP contribution < -0.4 is 4.72 Å². The van der Waals surface area contributed by atoms with Gasteiger partial charge in [-0.25, -0.2) is 13.4 Å². The van der Waals surface area contributed by atoms with E-state index >= 15 is 0 Å². The zero-order valence-corrected chi connectivity index (χ0v) is 18.0. The molecule has 1 aliphatic heterocycles. The van der Waals surface area contributed by atoms with Gasteiger partial charge in [-0.15, -0.1) is 11.3 Å². The molecule has 0 unspecified atom stereocenters. The third kappa shape index (κ3) is 5.09. The van der Waals surface area contributed by atoms with Crippen LogP contribution in [0.2, 0.25) is 0 Å². The van der Waals surface area contributed by atoms with E-state index in [1.165, 1.54) is 23.2 Å². The number of cyclic esters (lactones) is 1. The van der Waals surface area contributed by atoms with Crippen molar-refractivity contribution >= 4 is 38.4 Å². The number of rotatable bonds is 6. The average molecular weight is 458 g/mol. The second-order valence-corrected chi connectivity index (χ2v) is 9.64. The Bertz CT molecular complexity index is 1190. The summed E-state index contributed by atoms with van der Waals surface area (Å²) in [6.07, 6.45) is 1.50. The molecule has 0 bridgehead atoms. The number of benzene rings is 2. The van der Waals surface area contributed by atoms with E-state index in [1.54, 1.807) is 12.1 Å². The summed E-state index contributed by atoms with van der Waals surface area (Å²) < 4.78 is 32.7. The van der Waals surface area contributed by atoms with Crippen LogP contribution >= 0.6 is 11.3 Å².